The first-order valence-corrected chi connectivity index (χ1v) is 26.4. The molecule has 0 aromatic heterocycles. The molecule has 14 bridgehead atoms. The molecule has 420 valence electrons. The lowest BCUT2D eigenvalue weighted by molar-refractivity contribution is -0.376. The second kappa shape index (κ2) is 21.7. The Morgan fingerprint density at radius 3 is 0.883 bits per heavy atom. The molecule has 77 heavy (non-hydrogen) atoms. The number of esters is 2. The van der Waals surface area contributed by atoms with Crippen LogP contribution in [-0.2, 0) is 80.6 Å². The zero-order valence-corrected chi connectivity index (χ0v) is 46.3. The number of carbonyl (C=O) groups excluding carboxylic acids is 2. The second-order valence-corrected chi connectivity index (χ2v) is 25.3. The van der Waals surface area contributed by atoms with E-state index in [1.54, 1.807) is 0 Å². The van der Waals surface area contributed by atoms with Crippen LogP contribution >= 0.6 is 0 Å². The van der Waals surface area contributed by atoms with E-state index < -0.39 is 121 Å². The van der Waals surface area contributed by atoms with Gasteiger partial charge in [-0.1, -0.05) is 132 Å². The van der Waals surface area contributed by atoms with Crippen LogP contribution in [0.2, 0.25) is 0 Å². The molecule has 0 radical (unpaired) electrons. The second-order valence-electron chi connectivity index (χ2n) is 25.3. The molecule has 0 saturated carbocycles. The van der Waals surface area contributed by atoms with E-state index >= 15 is 0 Å². The number of rotatable bonds is 0. The highest BCUT2D eigenvalue weighted by Gasteiger charge is 2.50. The number of carbonyl (C=O) groups is 2. The summed E-state index contributed by atoms with van der Waals surface area (Å²) >= 11 is 0. The van der Waals surface area contributed by atoms with E-state index in [0.717, 1.165) is 22.3 Å². The summed E-state index contributed by atoms with van der Waals surface area (Å²) in [5.74, 6) is -1.16. The van der Waals surface area contributed by atoms with Crippen molar-refractivity contribution < 1.29 is 83.6 Å². The summed E-state index contributed by atoms with van der Waals surface area (Å²) in [4.78, 5) is 27.8. The Morgan fingerprint density at radius 1 is 0.364 bits per heavy atom. The third kappa shape index (κ3) is 12.6. The zero-order valence-electron chi connectivity index (χ0n) is 46.3. The average Bonchev–Trinajstić information content (AvgIpc) is 3.33. The molecule has 17 nitrogen and oxygen atoms in total. The normalized spacial score (nSPS) is 27.1. The predicted octanol–water partition coefficient (Wildman–Crippen LogP) is 5.45. The van der Waals surface area contributed by atoms with E-state index in [0.29, 0.717) is 56.0 Å². The van der Waals surface area contributed by atoms with Crippen LogP contribution in [0.3, 0.4) is 0 Å². The van der Waals surface area contributed by atoms with Gasteiger partial charge in [0.2, 0.25) is 0 Å². The van der Waals surface area contributed by atoms with Crippen LogP contribution in [0.1, 0.15) is 150 Å². The highest BCUT2D eigenvalue weighted by atomic mass is 16.8. The average molecular weight is 1070 g/mol. The maximum absolute atomic E-state index is 13.9. The Labute approximate surface area is 450 Å². The van der Waals surface area contributed by atoms with Gasteiger partial charge in [0, 0.05) is 25.7 Å². The van der Waals surface area contributed by atoms with Gasteiger partial charge in [0.15, 0.2) is 25.8 Å². The summed E-state index contributed by atoms with van der Waals surface area (Å²) in [5, 5.41) is 91.1. The molecule has 8 N–H and O–H groups in total. The monoisotopic (exact) mass is 1070 g/mol. The van der Waals surface area contributed by atoms with Gasteiger partial charge in [-0.15, -0.1) is 0 Å². The van der Waals surface area contributed by atoms with Crippen LogP contribution < -0.4 is 9.47 Å². The predicted molar refractivity (Wildman–Crippen MR) is 282 cm³/mol. The summed E-state index contributed by atoms with van der Waals surface area (Å²) < 4.78 is 41.7. The molecule has 1 aliphatic carbocycles. The number of aliphatic hydroxyl groups excluding tert-OH is 6. The summed E-state index contributed by atoms with van der Waals surface area (Å²) in [6, 6.07) is 15.9. The lowest BCUT2D eigenvalue weighted by Crippen LogP contribution is -2.64. The Kier molecular flexibility index (Phi) is 16.3. The van der Waals surface area contributed by atoms with Gasteiger partial charge in [-0.3, -0.25) is 0 Å². The van der Waals surface area contributed by atoms with Gasteiger partial charge in [0.1, 0.15) is 85.0 Å². The van der Waals surface area contributed by atoms with Crippen molar-refractivity contribution in [3.63, 3.8) is 0 Å². The minimum Gasteiger partial charge on any atom is -0.507 e. The van der Waals surface area contributed by atoms with Gasteiger partial charge in [0.05, 0.1) is 0 Å². The Balaban J connectivity index is 1.37. The largest absolute Gasteiger partial charge is 0.507 e. The van der Waals surface area contributed by atoms with E-state index in [1.807, 2.05) is 48.5 Å². The van der Waals surface area contributed by atoms with Crippen molar-refractivity contribution in [3.8, 4) is 23.0 Å². The first kappa shape index (κ1) is 57.8. The van der Waals surface area contributed by atoms with Crippen LogP contribution in [0.25, 0.3) is 0 Å². The van der Waals surface area contributed by atoms with Gasteiger partial charge in [-0.05, 0) is 88.4 Å². The molecule has 5 aliphatic rings. The van der Waals surface area contributed by atoms with E-state index in [4.69, 9.17) is 33.2 Å². The minimum atomic E-state index is -1.95. The van der Waals surface area contributed by atoms with E-state index in [1.165, 1.54) is 0 Å². The lowest BCUT2D eigenvalue weighted by atomic mass is 9.79. The summed E-state index contributed by atoms with van der Waals surface area (Å²) in [6.45, 7) is 22.3. The number of phenols is 2. The Morgan fingerprint density at radius 2 is 0.623 bits per heavy atom. The molecule has 4 aromatic carbocycles. The van der Waals surface area contributed by atoms with E-state index in [-0.39, 0.29) is 37.2 Å². The van der Waals surface area contributed by atoms with Crippen molar-refractivity contribution in [2.24, 2.45) is 0 Å². The molecule has 0 unspecified atom stereocenters. The van der Waals surface area contributed by atoms with E-state index in [9.17, 15) is 50.4 Å². The van der Waals surface area contributed by atoms with Gasteiger partial charge in [-0.25, -0.2) is 9.59 Å². The van der Waals surface area contributed by atoms with Gasteiger partial charge in [-0.2, -0.15) is 0 Å². The number of ether oxygens (including phenoxy) is 7. The molecule has 4 heterocycles. The van der Waals surface area contributed by atoms with Gasteiger partial charge in [0.25, 0.3) is 0 Å². The minimum absolute atomic E-state index is 0.0163. The number of aromatic hydroxyl groups is 2. The standard InChI is InChI=1S/C60H78O17/c1-57(2,3)37-17-29-13-33-21-39(59(7,8)9)23-35-15-31-19-38(58(4,5)6)20-32(46(31)64)16-36-24-40(60(10,11)12)22-34(14-30(18-37)45(29)63)54(36)74-28-44(62)72-26-42-48(66)50(68)52(70)56(76-42)77-55-51(69)49(67)47(65)41(75-55)25-71-43(61)27-73-53(33)35/h17-24,41-42,47-52,55-56,63-70H,13-16,25-28H2,1-12H3/t41-,42-,47-,48-,49+,50+,51-,52-,55-,56-/m1/s1. The molecule has 0 spiro atoms. The summed E-state index contributed by atoms with van der Waals surface area (Å²) in [5.41, 5.74) is 6.82. The Hall–Kier alpha value is -5.34. The molecule has 0 amide bonds. The van der Waals surface area contributed by atoms with Crippen LogP contribution in [-0.4, -0.2) is 141 Å². The fourth-order valence-corrected chi connectivity index (χ4v) is 10.2. The molecule has 4 aliphatic heterocycles. The third-order valence-corrected chi connectivity index (χ3v) is 15.1. The Bertz CT molecular complexity index is 2560. The zero-order chi connectivity index (χ0) is 56.4. The SMILES string of the molecule is CC(C)(C)c1cc2c(O)c(c1)Cc1cc(C(C)(C)C)cc3c1OCC(=O)OC[C@H]1O[C@H](O[C@H]4O[C@H](COC(=O)COc5c(cc(C(C)(C)C)cc5Cc5cc(C(C)(C)C)cc(c5O)C3)C2)[C@@H](O)[C@H](O)[C@H]4O)[C@H](O)[C@@H](O)[C@@H]1O. The number of hydrogen-bond donors (Lipinski definition) is 8. The van der Waals surface area contributed by atoms with Crippen LogP contribution in [0.5, 0.6) is 23.0 Å². The molecule has 4 aromatic rings. The first-order valence-electron chi connectivity index (χ1n) is 26.4. The fourth-order valence-electron chi connectivity index (χ4n) is 10.2. The summed E-state index contributed by atoms with van der Waals surface area (Å²) in [7, 11) is 0. The molecule has 9 rings (SSSR count). The highest BCUT2D eigenvalue weighted by molar-refractivity contribution is 5.72. The smallest absolute Gasteiger partial charge is 0.344 e. The van der Waals surface area contributed by atoms with Crippen molar-refractivity contribution in [1.82, 2.24) is 0 Å². The number of aliphatic hydroxyl groups is 6. The summed E-state index contributed by atoms with van der Waals surface area (Å²) in [6.07, 6.45) is -17.6. The molecular weight excluding hydrogens is 993 g/mol. The maximum Gasteiger partial charge on any atom is 0.344 e. The lowest BCUT2D eigenvalue weighted by Gasteiger charge is -2.44. The molecule has 2 saturated heterocycles. The molecule has 2 fully saturated rings. The number of phenolic OH excluding ortho intramolecular Hbond substituents is 2. The highest BCUT2D eigenvalue weighted by Crippen LogP contribution is 2.44. The van der Waals surface area contributed by atoms with Crippen molar-refractivity contribution in [1.29, 1.82) is 0 Å². The number of hydrogen-bond acceptors (Lipinski definition) is 17. The number of fused-ring (bicyclic) bond motifs is 8. The maximum atomic E-state index is 13.9. The van der Waals surface area contributed by atoms with Gasteiger partial charge >= 0.3 is 11.9 Å². The fraction of sp³-hybridized carbons (Fsp3) is 0.567. The van der Waals surface area contributed by atoms with Crippen molar-refractivity contribution >= 4 is 11.9 Å². The van der Waals surface area contributed by atoms with Crippen LogP contribution in [0.4, 0.5) is 0 Å². The first-order chi connectivity index (χ1) is 35.8. The third-order valence-electron chi connectivity index (χ3n) is 15.1. The van der Waals surface area contributed by atoms with Crippen molar-refractivity contribution in [2.75, 3.05) is 26.4 Å². The topological polar surface area (TPSA) is 261 Å². The number of benzene rings is 4. The molecule has 17 heteroatoms. The van der Waals surface area contributed by atoms with Crippen LogP contribution in [0.15, 0.2) is 48.5 Å². The van der Waals surface area contributed by atoms with Gasteiger partial charge < -0.3 is 74.0 Å². The van der Waals surface area contributed by atoms with Crippen molar-refractivity contribution in [2.45, 2.75) is 192 Å². The quantitative estimate of drug-likeness (QED) is 0.0897. The van der Waals surface area contributed by atoms with E-state index in [2.05, 4.69) is 83.1 Å². The van der Waals surface area contributed by atoms with Crippen LogP contribution in [0, 0.1) is 0 Å². The molecular formula is C60H78O17. The molecule has 10 atom stereocenters. The van der Waals surface area contributed by atoms with Crippen molar-refractivity contribution in [3.05, 3.63) is 115 Å².